The maximum Gasteiger partial charge on any atom is 0.0846 e. The normalized spacial score (nSPS) is 12.5. The van der Waals surface area contributed by atoms with E-state index in [-0.39, 0.29) is 0 Å². The maximum absolute atomic E-state index is 10.4. The summed E-state index contributed by atoms with van der Waals surface area (Å²) in [5.41, 5.74) is 1.86. The molecule has 0 unspecified atom stereocenters. The Morgan fingerprint density at radius 1 is 0.750 bits per heavy atom. The summed E-state index contributed by atoms with van der Waals surface area (Å²) in [7, 11) is 0. The highest BCUT2D eigenvalue weighted by Gasteiger charge is 2.24. The van der Waals surface area contributed by atoms with Crippen molar-refractivity contribution in [2.24, 2.45) is 0 Å². The highest BCUT2D eigenvalue weighted by molar-refractivity contribution is 5.69. The minimum absolute atomic E-state index is 0.837. The molecule has 0 heterocycles. The molecular formula is C18H22O2. The summed E-state index contributed by atoms with van der Waals surface area (Å²) in [6, 6.07) is 15.7. The van der Waals surface area contributed by atoms with Crippen LogP contribution in [-0.2, 0) is 11.2 Å². The topological polar surface area (TPSA) is 40.5 Å². The Kier molecular flexibility index (Phi) is 3.72. The largest absolute Gasteiger partial charge is 0.386 e. The van der Waals surface area contributed by atoms with Crippen LogP contribution in [0, 0.1) is 0 Å². The van der Waals surface area contributed by atoms with Gasteiger partial charge >= 0.3 is 0 Å². The van der Waals surface area contributed by atoms with Crippen LogP contribution in [0.1, 0.15) is 38.8 Å². The van der Waals surface area contributed by atoms with Crippen LogP contribution in [0.15, 0.2) is 48.5 Å². The van der Waals surface area contributed by atoms with Gasteiger partial charge in [-0.15, -0.1) is 0 Å². The third-order valence-electron chi connectivity index (χ3n) is 3.47. The molecule has 2 aromatic carbocycles. The van der Waals surface area contributed by atoms with Gasteiger partial charge in [0.25, 0.3) is 0 Å². The molecule has 2 rings (SSSR count). The molecule has 0 aliphatic heterocycles. The molecule has 20 heavy (non-hydrogen) atoms. The summed E-state index contributed by atoms with van der Waals surface area (Å²) in [6.07, 6.45) is 0. The molecule has 0 aliphatic carbocycles. The molecule has 2 N–H and O–H groups in total. The third kappa shape index (κ3) is 3.09. The fourth-order valence-electron chi connectivity index (χ4n) is 2.31. The first kappa shape index (κ1) is 14.8. The van der Waals surface area contributed by atoms with E-state index in [4.69, 9.17) is 0 Å². The second-order valence-corrected chi connectivity index (χ2v) is 6.24. The summed E-state index contributed by atoms with van der Waals surface area (Å²) < 4.78 is 0. The van der Waals surface area contributed by atoms with E-state index in [1.54, 1.807) is 27.7 Å². The summed E-state index contributed by atoms with van der Waals surface area (Å²) in [4.78, 5) is 0. The van der Waals surface area contributed by atoms with Gasteiger partial charge < -0.3 is 10.2 Å². The molecule has 0 spiro atoms. The molecule has 0 aliphatic rings. The fraction of sp³-hybridized carbons (Fsp3) is 0.333. The van der Waals surface area contributed by atoms with E-state index in [2.05, 4.69) is 0 Å². The van der Waals surface area contributed by atoms with Gasteiger partial charge in [0.05, 0.1) is 11.2 Å². The van der Waals surface area contributed by atoms with Gasteiger partial charge in [-0.2, -0.15) is 0 Å². The van der Waals surface area contributed by atoms with Crippen molar-refractivity contribution >= 4 is 0 Å². The summed E-state index contributed by atoms with van der Waals surface area (Å²) in [5, 5.41) is 20.6. The minimum Gasteiger partial charge on any atom is -0.386 e. The van der Waals surface area contributed by atoms with Crippen molar-refractivity contribution in [3.8, 4) is 11.1 Å². The molecule has 0 radical (unpaired) electrons. The average molecular weight is 270 g/mol. The van der Waals surface area contributed by atoms with Crippen LogP contribution in [0.5, 0.6) is 0 Å². The number of aliphatic hydroxyl groups is 2. The van der Waals surface area contributed by atoms with Gasteiger partial charge in [-0.1, -0.05) is 42.5 Å². The minimum atomic E-state index is -0.927. The smallest absolute Gasteiger partial charge is 0.0846 e. The zero-order valence-electron chi connectivity index (χ0n) is 12.5. The molecule has 0 bridgehead atoms. The highest BCUT2D eigenvalue weighted by Crippen LogP contribution is 2.34. The van der Waals surface area contributed by atoms with Crippen molar-refractivity contribution in [1.29, 1.82) is 0 Å². The van der Waals surface area contributed by atoms with Crippen LogP contribution < -0.4 is 0 Å². The first-order chi connectivity index (χ1) is 9.19. The molecule has 0 fully saturated rings. The van der Waals surface area contributed by atoms with E-state index < -0.39 is 11.2 Å². The molecule has 0 amide bonds. The quantitative estimate of drug-likeness (QED) is 0.890. The van der Waals surface area contributed by atoms with Gasteiger partial charge in [-0.05, 0) is 56.0 Å². The maximum atomic E-state index is 10.4. The molecule has 2 heteroatoms. The van der Waals surface area contributed by atoms with Crippen LogP contribution in [0.3, 0.4) is 0 Å². The second-order valence-electron chi connectivity index (χ2n) is 6.24. The van der Waals surface area contributed by atoms with Gasteiger partial charge in [0, 0.05) is 0 Å². The first-order valence-electron chi connectivity index (χ1n) is 6.85. The summed E-state index contributed by atoms with van der Waals surface area (Å²) >= 11 is 0. The Morgan fingerprint density at radius 3 is 1.85 bits per heavy atom. The third-order valence-corrected chi connectivity index (χ3v) is 3.47. The Labute approximate surface area is 120 Å². The van der Waals surface area contributed by atoms with E-state index in [1.807, 2.05) is 48.5 Å². The number of benzene rings is 2. The van der Waals surface area contributed by atoms with Gasteiger partial charge in [0.1, 0.15) is 0 Å². The molecule has 0 saturated carbocycles. The lowest BCUT2D eigenvalue weighted by atomic mass is 9.85. The Hall–Kier alpha value is -1.64. The molecule has 106 valence electrons. The first-order valence-corrected chi connectivity index (χ1v) is 6.85. The Morgan fingerprint density at radius 2 is 1.35 bits per heavy atom. The van der Waals surface area contributed by atoms with Gasteiger partial charge in [0.15, 0.2) is 0 Å². The van der Waals surface area contributed by atoms with Crippen molar-refractivity contribution in [2.45, 2.75) is 38.9 Å². The van der Waals surface area contributed by atoms with E-state index in [1.165, 1.54) is 0 Å². The summed E-state index contributed by atoms with van der Waals surface area (Å²) in [5.74, 6) is 0. The van der Waals surface area contributed by atoms with Gasteiger partial charge in [-0.3, -0.25) is 0 Å². The number of rotatable bonds is 3. The zero-order valence-corrected chi connectivity index (χ0v) is 12.5. The van der Waals surface area contributed by atoms with Crippen molar-refractivity contribution < 1.29 is 10.2 Å². The van der Waals surface area contributed by atoms with Crippen LogP contribution >= 0.6 is 0 Å². The number of hydrogen-bond donors (Lipinski definition) is 2. The predicted octanol–water partition coefficient (Wildman–Crippen LogP) is 3.81. The molecule has 0 saturated heterocycles. The van der Waals surface area contributed by atoms with Crippen molar-refractivity contribution in [2.75, 3.05) is 0 Å². The average Bonchev–Trinajstić information content (AvgIpc) is 2.37. The Bertz CT molecular complexity index is 587. The highest BCUT2D eigenvalue weighted by atomic mass is 16.3. The Balaban J connectivity index is 2.67. The standard InChI is InChI=1S/C18H22O2/c1-17(2,19)14-10-11-16(18(3,4)20)15(12-14)13-8-6-5-7-9-13/h5-12,19-20H,1-4H3. The molecule has 2 nitrogen and oxygen atoms in total. The van der Waals surface area contributed by atoms with Crippen LogP contribution in [0.25, 0.3) is 11.1 Å². The molecular weight excluding hydrogens is 248 g/mol. The lowest BCUT2D eigenvalue weighted by Gasteiger charge is -2.25. The molecule has 0 atom stereocenters. The van der Waals surface area contributed by atoms with Crippen molar-refractivity contribution in [3.05, 3.63) is 59.7 Å². The SMILES string of the molecule is CC(C)(O)c1ccc(C(C)(C)O)c(-c2ccccc2)c1. The number of hydrogen-bond acceptors (Lipinski definition) is 2. The lowest BCUT2D eigenvalue weighted by Crippen LogP contribution is -2.20. The molecule has 0 aromatic heterocycles. The van der Waals surface area contributed by atoms with E-state index >= 15 is 0 Å². The molecule has 2 aromatic rings. The van der Waals surface area contributed by atoms with E-state index in [9.17, 15) is 10.2 Å². The van der Waals surface area contributed by atoms with Crippen LogP contribution in [-0.4, -0.2) is 10.2 Å². The van der Waals surface area contributed by atoms with Crippen LogP contribution in [0.4, 0.5) is 0 Å². The van der Waals surface area contributed by atoms with Gasteiger partial charge in [0.2, 0.25) is 0 Å². The lowest BCUT2D eigenvalue weighted by molar-refractivity contribution is 0.0748. The zero-order chi connectivity index (χ0) is 15.0. The van der Waals surface area contributed by atoms with E-state index in [0.29, 0.717) is 0 Å². The second kappa shape index (κ2) is 5.04. The van der Waals surface area contributed by atoms with Crippen molar-refractivity contribution in [3.63, 3.8) is 0 Å². The predicted molar refractivity (Wildman–Crippen MR) is 82.4 cm³/mol. The van der Waals surface area contributed by atoms with E-state index in [0.717, 1.165) is 22.3 Å². The van der Waals surface area contributed by atoms with Gasteiger partial charge in [-0.25, -0.2) is 0 Å². The van der Waals surface area contributed by atoms with Crippen molar-refractivity contribution in [1.82, 2.24) is 0 Å². The summed E-state index contributed by atoms with van der Waals surface area (Å²) in [6.45, 7) is 7.08. The monoisotopic (exact) mass is 270 g/mol. The fourth-order valence-corrected chi connectivity index (χ4v) is 2.31. The van der Waals surface area contributed by atoms with Crippen LogP contribution in [0.2, 0.25) is 0 Å².